The van der Waals surface area contributed by atoms with E-state index >= 15 is 0 Å². The van der Waals surface area contributed by atoms with E-state index in [-0.39, 0.29) is 5.58 Å². The number of halogens is 3. The zero-order valence-corrected chi connectivity index (χ0v) is 12.1. The summed E-state index contributed by atoms with van der Waals surface area (Å²) in [6.07, 6.45) is 1.45. The minimum absolute atomic E-state index is 0.165. The predicted octanol–water partition coefficient (Wildman–Crippen LogP) is 3.83. The number of nitrogens with one attached hydrogen (secondary N) is 1. The van der Waals surface area contributed by atoms with Crippen LogP contribution in [0, 0.1) is 5.82 Å². The third-order valence-electron chi connectivity index (χ3n) is 3.08. The van der Waals surface area contributed by atoms with E-state index in [4.69, 9.17) is 33.5 Å². The molecule has 2 heterocycles. The lowest BCUT2D eigenvalue weighted by Crippen LogP contribution is -2.29. The molecule has 0 fully saturated rings. The van der Waals surface area contributed by atoms with E-state index in [1.807, 2.05) is 0 Å². The van der Waals surface area contributed by atoms with Gasteiger partial charge in [0.1, 0.15) is 11.8 Å². The van der Waals surface area contributed by atoms with Gasteiger partial charge in [-0.2, -0.15) is 0 Å². The summed E-state index contributed by atoms with van der Waals surface area (Å²) < 4.78 is 19.2. The summed E-state index contributed by atoms with van der Waals surface area (Å²) in [4.78, 5) is 4.16. The summed E-state index contributed by atoms with van der Waals surface area (Å²) in [6.45, 7) is 0. The second-order valence-electron chi connectivity index (χ2n) is 4.43. The van der Waals surface area contributed by atoms with Crippen molar-refractivity contribution in [2.75, 3.05) is 0 Å². The molecule has 3 N–H and O–H groups in total. The van der Waals surface area contributed by atoms with Crippen LogP contribution in [-0.2, 0) is 0 Å². The first-order chi connectivity index (χ1) is 10.1. The molecule has 3 aromatic rings. The van der Waals surface area contributed by atoms with Gasteiger partial charge in [0, 0.05) is 11.6 Å². The van der Waals surface area contributed by atoms with E-state index in [1.165, 1.54) is 12.3 Å². The second-order valence-corrected chi connectivity index (χ2v) is 5.27. The molecule has 1 atom stereocenters. The molecule has 7 heteroatoms. The average Bonchev–Trinajstić information content (AvgIpc) is 2.87. The normalized spacial score (nSPS) is 12.8. The van der Waals surface area contributed by atoms with Crippen molar-refractivity contribution in [3.05, 3.63) is 63.8 Å². The van der Waals surface area contributed by atoms with Crippen LogP contribution in [-0.4, -0.2) is 4.98 Å². The molecule has 2 aromatic heterocycles. The van der Waals surface area contributed by atoms with Gasteiger partial charge in [-0.3, -0.25) is 10.8 Å². The third-order valence-corrected chi connectivity index (χ3v) is 3.59. The molecule has 108 valence electrons. The summed E-state index contributed by atoms with van der Waals surface area (Å²) in [5, 5.41) is 1.39. The molecule has 0 saturated heterocycles. The van der Waals surface area contributed by atoms with Gasteiger partial charge < -0.3 is 4.42 Å². The lowest BCUT2D eigenvalue weighted by atomic mass is 10.1. The number of pyridine rings is 1. The number of nitrogens with zero attached hydrogens (tertiary/aromatic N) is 1. The summed E-state index contributed by atoms with van der Waals surface area (Å²) >= 11 is 11.9. The van der Waals surface area contributed by atoms with Crippen molar-refractivity contribution in [3.8, 4) is 0 Å². The summed E-state index contributed by atoms with van der Waals surface area (Å²) in [7, 11) is 0. The Morgan fingerprint density at radius 2 is 2.10 bits per heavy atom. The molecule has 0 saturated carbocycles. The monoisotopic (exact) mass is 325 g/mol. The molecule has 3 rings (SSSR count). The Morgan fingerprint density at radius 3 is 2.76 bits per heavy atom. The molecule has 0 aliphatic heterocycles. The average molecular weight is 326 g/mol. The van der Waals surface area contributed by atoms with Crippen LogP contribution in [0.4, 0.5) is 4.39 Å². The molecule has 0 aliphatic carbocycles. The van der Waals surface area contributed by atoms with Crippen LogP contribution in [0.1, 0.15) is 17.5 Å². The van der Waals surface area contributed by atoms with Crippen molar-refractivity contribution in [1.29, 1.82) is 0 Å². The highest BCUT2D eigenvalue weighted by molar-refractivity contribution is 6.34. The Kier molecular flexibility index (Phi) is 3.82. The quantitative estimate of drug-likeness (QED) is 0.567. The maximum Gasteiger partial charge on any atom is 0.169 e. The third kappa shape index (κ3) is 2.61. The molecule has 21 heavy (non-hydrogen) atoms. The van der Waals surface area contributed by atoms with Crippen LogP contribution in [0.15, 0.2) is 40.9 Å². The van der Waals surface area contributed by atoms with Gasteiger partial charge in [-0.1, -0.05) is 35.3 Å². The maximum atomic E-state index is 13.7. The van der Waals surface area contributed by atoms with Gasteiger partial charge in [-0.05, 0) is 18.2 Å². The van der Waals surface area contributed by atoms with Gasteiger partial charge in [-0.15, -0.1) is 0 Å². The van der Waals surface area contributed by atoms with Gasteiger partial charge in [0.25, 0.3) is 0 Å². The SMILES string of the molecule is NNC(c1cc2cccc(F)c2o1)c1ncc(Cl)cc1Cl. The van der Waals surface area contributed by atoms with Crippen LogP contribution in [0.2, 0.25) is 10.0 Å². The Balaban J connectivity index is 2.11. The molecular formula is C14H10Cl2FN3O. The fourth-order valence-corrected chi connectivity index (χ4v) is 2.61. The Morgan fingerprint density at radius 1 is 1.29 bits per heavy atom. The molecule has 0 amide bonds. The largest absolute Gasteiger partial charge is 0.456 e. The number of benzene rings is 1. The molecule has 0 spiro atoms. The maximum absolute atomic E-state index is 13.7. The van der Waals surface area contributed by atoms with Crippen LogP contribution < -0.4 is 11.3 Å². The minimum atomic E-state index is -0.610. The fraction of sp³-hybridized carbons (Fsp3) is 0.0714. The Labute approximate surface area is 129 Å². The molecule has 0 aliphatic rings. The van der Waals surface area contributed by atoms with Crippen molar-refractivity contribution in [3.63, 3.8) is 0 Å². The summed E-state index contributed by atoms with van der Waals surface area (Å²) in [5.74, 6) is 5.54. The van der Waals surface area contributed by atoms with Gasteiger partial charge in [-0.25, -0.2) is 9.82 Å². The number of aromatic nitrogens is 1. The number of hydrogen-bond donors (Lipinski definition) is 2. The molecule has 1 aromatic carbocycles. The first kappa shape index (κ1) is 14.3. The number of para-hydroxylation sites is 1. The van der Waals surface area contributed by atoms with Crippen LogP contribution in [0.3, 0.4) is 0 Å². The molecule has 0 radical (unpaired) electrons. The van der Waals surface area contributed by atoms with E-state index in [9.17, 15) is 4.39 Å². The summed E-state index contributed by atoms with van der Waals surface area (Å²) in [5.41, 5.74) is 3.18. The van der Waals surface area contributed by atoms with Gasteiger partial charge in [0.15, 0.2) is 11.4 Å². The van der Waals surface area contributed by atoms with Crippen LogP contribution in [0.25, 0.3) is 11.0 Å². The van der Waals surface area contributed by atoms with E-state index in [2.05, 4.69) is 10.4 Å². The minimum Gasteiger partial charge on any atom is -0.456 e. The van der Waals surface area contributed by atoms with E-state index in [0.29, 0.717) is 26.9 Å². The van der Waals surface area contributed by atoms with Gasteiger partial charge in [0.05, 0.1) is 15.7 Å². The highest BCUT2D eigenvalue weighted by Crippen LogP contribution is 2.32. The van der Waals surface area contributed by atoms with Crippen molar-refractivity contribution < 1.29 is 8.81 Å². The molecule has 1 unspecified atom stereocenters. The lowest BCUT2D eigenvalue weighted by molar-refractivity contribution is 0.460. The highest BCUT2D eigenvalue weighted by Gasteiger charge is 2.22. The second kappa shape index (κ2) is 5.61. The summed E-state index contributed by atoms with van der Waals surface area (Å²) in [6, 6.07) is 7.31. The molecule has 0 bridgehead atoms. The number of furan rings is 1. The van der Waals surface area contributed by atoms with Gasteiger partial charge in [0.2, 0.25) is 0 Å². The standard InChI is InChI=1S/C14H10Cl2FN3O/c15-8-5-9(16)12(19-6-8)13(20-18)11-4-7-2-1-3-10(17)14(7)21-11/h1-6,13,20H,18H2. The van der Waals surface area contributed by atoms with Crippen LogP contribution >= 0.6 is 23.2 Å². The van der Waals surface area contributed by atoms with Crippen molar-refractivity contribution >= 4 is 34.2 Å². The van der Waals surface area contributed by atoms with Crippen molar-refractivity contribution in [2.45, 2.75) is 6.04 Å². The predicted molar refractivity (Wildman–Crippen MR) is 79.6 cm³/mol. The molecular weight excluding hydrogens is 316 g/mol. The van der Waals surface area contributed by atoms with E-state index < -0.39 is 11.9 Å². The van der Waals surface area contributed by atoms with Gasteiger partial charge >= 0.3 is 0 Å². The number of fused-ring (bicyclic) bond motifs is 1. The lowest BCUT2D eigenvalue weighted by Gasteiger charge is -2.14. The number of nitrogens with two attached hydrogens (primary N) is 1. The zero-order chi connectivity index (χ0) is 15.0. The van der Waals surface area contributed by atoms with Crippen molar-refractivity contribution in [1.82, 2.24) is 10.4 Å². The van der Waals surface area contributed by atoms with Crippen molar-refractivity contribution in [2.24, 2.45) is 5.84 Å². The Hall–Kier alpha value is -1.66. The zero-order valence-electron chi connectivity index (χ0n) is 10.6. The van der Waals surface area contributed by atoms with E-state index in [1.54, 1.807) is 24.3 Å². The highest BCUT2D eigenvalue weighted by atomic mass is 35.5. The first-order valence-corrected chi connectivity index (χ1v) is 6.81. The first-order valence-electron chi connectivity index (χ1n) is 6.05. The fourth-order valence-electron chi connectivity index (χ4n) is 2.12. The number of hydrogen-bond acceptors (Lipinski definition) is 4. The number of hydrazine groups is 1. The van der Waals surface area contributed by atoms with E-state index in [0.717, 1.165) is 0 Å². The number of rotatable bonds is 3. The smallest absolute Gasteiger partial charge is 0.169 e. The topological polar surface area (TPSA) is 64.1 Å². The van der Waals surface area contributed by atoms with Crippen LogP contribution in [0.5, 0.6) is 0 Å². The molecule has 4 nitrogen and oxygen atoms in total. The Bertz CT molecular complexity index is 806.